The van der Waals surface area contributed by atoms with Crippen LogP contribution in [0.1, 0.15) is 39.0 Å². The molecule has 1 fully saturated rings. The van der Waals surface area contributed by atoms with Gasteiger partial charge in [-0.2, -0.15) is 11.8 Å². The van der Waals surface area contributed by atoms with E-state index in [0.717, 1.165) is 37.6 Å². The van der Waals surface area contributed by atoms with E-state index in [1.54, 1.807) is 11.8 Å². The second-order valence-electron chi connectivity index (χ2n) is 5.02. The van der Waals surface area contributed by atoms with Gasteiger partial charge in [0.1, 0.15) is 6.54 Å². The van der Waals surface area contributed by atoms with E-state index in [-0.39, 0.29) is 36.4 Å². The predicted molar refractivity (Wildman–Crippen MR) is 103 cm³/mol. The molecule has 5 nitrogen and oxygen atoms in total. The molecule has 124 valence electrons. The third-order valence-corrected chi connectivity index (χ3v) is 3.91. The Labute approximate surface area is 149 Å². The number of nitrogens with zero attached hydrogens (tertiary/aromatic N) is 1. The van der Waals surface area contributed by atoms with Crippen molar-refractivity contribution in [3.05, 3.63) is 0 Å². The third-order valence-electron chi connectivity index (χ3n) is 3.29. The summed E-state index contributed by atoms with van der Waals surface area (Å²) in [5.41, 5.74) is 0. The number of hydrogen-bond donors (Lipinski definition) is 3. The minimum absolute atomic E-state index is 0. The summed E-state index contributed by atoms with van der Waals surface area (Å²) in [5.74, 6) is 1.78. The standard InChI is InChI=1S/C14H28N4OS.HI/c1-3-15-14(16-9-10-20-2)17-11-13(19)18-12-7-5-4-6-8-12;/h12H,3-11H2,1-2H3,(H,18,19)(H2,15,16,17);1H. The Balaban J connectivity index is 0.00000400. The number of nitrogens with one attached hydrogen (secondary N) is 3. The van der Waals surface area contributed by atoms with Crippen LogP contribution in [-0.4, -0.2) is 49.6 Å². The van der Waals surface area contributed by atoms with Gasteiger partial charge in [0.2, 0.25) is 5.91 Å². The Bertz CT molecular complexity index is 309. The molecule has 0 bridgehead atoms. The predicted octanol–water partition coefficient (Wildman–Crippen LogP) is 1.97. The Morgan fingerprint density at radius 2 is 1.95 bits per heavy atom. The highest BCUT2D eigenvalue weighted by molar-refractivity contribution is 14.0. The van der Waals surface area contributed by atoms with Gasteiger partial charge >= 0.3 is 0 Å². The number of guanidine groups is 1. The molecule has 1 rings (SSSR count). The van der Waals surface area contributed by atoms with Crippen molar-refractivity contribution < 1.29 is 4.79 Å². The lowest BCUT2D eigenvalue weighted by molar-refractivity contribution is -0.120. The minimum Gasteiger partial charge on any atom is -0.357 e. The largest absolute Gasteiger partial charge is 0.357 e. The van der Waals surface area contributed by atoms with Crippen molar-refractivity contribution in [1.82, 2.24) is 16.0 Å². The first kappa shape index (κ1) is 20.8. The van der Waals surface area contributed by atoms with Crippen LogP contribution >= 0.6 is 35.7 Å². The third kappa shape index (κ3) is 10.2. The molecule has 0 spiro atoms. The molecule has 1 saturated carbocycles. The highest BCUT2D eigenvalue weighted by Crippen LogP contribution is 2.17. The molecule has 0 aromatic carbocycles. The van der Waals surface area contributed by atoms with E-state index in [0.29, 0.717) is 6.04 Å². The number of rotatable bonds is 7. The van der Waals surface area contributed by atoms with Gasteiger partial charge in [0.25, 0.3) is 0 Å². The van der Waals surface area contributed by atoms with E-state index >= 15 is 0 Å². The molecule has 1 amide bonds. The Morgan fingerprint density at radius 3 is 2.57 bits per heavy atom. The average Bonchev–Trinajstić information content (AvgIpc) is 2.46. The maximum atomic E-state index is 11.9. The van der Waals surface area contributed by atoms with Crippen LogP contribution in [0.5, 0.6) is 0 Å². The fraction of sp³-hybridized carbons (Fsp3) is 0.857. The second kappa shape index (κ2) is 13.5. The number of carbonyl (C=O) groups excluding carboxylic acids is 1. The Hall–Kier alpha value is -0.180. The highest BCUT2D eigenvalue weighted by atomic mass is 127. The first-order chi connectivity index (χ1) is 9.76. The number of aliphatic imine (C=N–C) groups is 1. The van der Waals surface area contributed by atoms with E-state index in [9.17, 15) is 4.79 Å². The molecule has 0 aromatic rings. The number of carbonyl (C=O) groups is 1. The van der Waals surface area contributed by atoms with Crippen LogP contribution < -0.4 is 16.0 Å². The summed E-state index contributed by atoms with van der Waals surface area (Å²) in [7, 11) is 0. The maximum absolute atomic E-state index is 11.9. The van der Waals surface area contributed by atoms with Gasteiger partial charge in [-0.1, -0.05) is 19.3 Å². The van der Waals surface area contributed by atoms with E-state index in [4.69, 9.17) is 0 Å². The average molecular weight is 428 g/mol. The lowest BCUT2D eigenvalue weighted by atomic mass is 9.95. The van der Waals surface area contributed by atoms with Crippen molar-refractivity contribution in [2.45, 2.75) is 45.1 Å². The highest BCUT2D eigenvalue weighted by Gasteiger charge is 2.15. The molecule has 0 aliphatic heterocycles. The van der Waals surface area contributed by atoms with Gasteiger partial charge < -0.3 is 16.0 Å². The van der Waals surface area contributed by atoms with E-state index in [1.165, 1.54) is 19.3 Å². The van der Waals surface area contributed by atoms with Crippen LogP contribution in [-0.2, 0) is 4.79 Å². The van der Waals surface area contributed by atoms with E-state index in [1.807, 2.05) is 6.92 Å². The van der Waals surface area contributed by atoms with Gasteiger partial charge in [-0.15, -0.1) is 24.0 Å². The molecule has 21 heavy (non-hydrogen) atoms. The molecule has 1 aliphatic rings. The van der Waals surface area contributed by atoms with Crippen LogP contribution in [0, 0.1) is 0 Å². The van der Waals surface area contributed by atoms with Crippen molar-refractivity contribution in [3.8, 4) is 0 Å². The maximum Gasteiger partial charge on any atom is 0.242 e. The fourth-order valence-corrected chi connectivity index (χ4v) is 2.59. The molecule has 1 aliphatic carbocycles. The van der Waals surface area contributed by atoms with Gasteiger partial charge in [0, 0.05) is 24.9 Å². The molecule has 0 radical (unpaired) electrons. The number of halogens is 1. The van der Waals surface area contributed by atoms with Crippen molar-refractivity contribution in [1.29, 1.82) is 0 Å². The monoisotopic (exact) mass is 428 g/mol. The minimum atomic E-state index is 0. The zero-order chi connectivity index (χ0) is 14.6. The molecule has 7 heteroatoms. The molecule has 3 N–H and O–H groups in total. The SMILES string of the molecule is CCNC(=NCC(=O)NC1CCCCC1)NCCSC.I. The summed E-state index contributed by atoms with van der Waals surface area (Å²) in [6.45, 7) is 3.88. The first-order valence-corrected chi connectivity index (χ1v) is 8.96. The zero-order valence-electron chi connectivity index (χ0n) is 13.1. The Morgan fingerprint density at radius 1 is 1.24 bits per heavy atom. The van der Waals surface area contributed by atoms with Gasteiger partial charge in [-0.25, -0.2) is 4.99 Å². The topological polar surface area (TPSA) is 65.5 Å². The fourth-order valence-electron chi connectivity index (χ4n) is 2.28. The molecule has 0 unspecified atom stereocenters. The van der Waals surface area contributed by atoms with Crippen LogP contribution in [0.4, 0.5) is 0 Å². The van der Waals surface area contributed by atoms with Crippen molar-refractivity contribution in [2.24, 2.45) is 4.99 Å². The summed E-state index contributed by atoms with van der Waals surface area (Å²) in [6, 6.07) is 0.360. The summed E-state index contributed by atoms with van der Waals surface area (Å²) < 4.78 is 0. The number of thioether (sulfide) groups is 1. The summed E-state index contributed by atoms with van der Waals surface area (Å²) in [4.78, 5) is 16.2. The lowest BCUT2D eigenvalue weighted by Gasteiger charge is -2.22. The molecule has 0 saturated heterocycles. The molecule has 0 heterocycles. The summed E-state index contributed by atoms with van der Waals surface area (Å²) >= 11 is 1.78. The van der Waals surface area contributed by atoms with Gasteiger partial charge in [-0.3, -0.25) is 4.79 Å². The first-order valence-electron chi connectivity index (χ1n) is 7.56. The number of hydrogen-bond acceptors (Lipinski definition) is 3. The van der Waals surface area contributed by atoms with Gasteiger partial charge in [0.15, 0.2) is 5.96 Å². The van der Waals surface area contributed by atoms with Crippen molar-refractivity contribution in [3.63, 3.8) is 0 Å². The van der Waals surface area contributed by atoms with Gasteiger partial charge in [0.05, 0.1) is 0 Å². The van der Waals surface area contributed by atoms with Crippen LogP contribution in [0.15, 0.2) is 4.99 Å². The second-order valence-corrected chi connectivity index (χ2v) is 6.00. The van der Waals surface area contributed by atoms with Gasteiger partial charge in [-0.05, 0) is 26.0 Å². The molecule has 0 atom stereocenters. The lowest BCUT2D eigenvalue weighted by Crippen LogP contribution is -2.41. The van der Waals surface area contributed by atoms with Crippen LogP contribution in [0.2, 0.25) is 0 Å². The molecular weight excluding hydrogens is 399 g/mol. The summed E-state index contributed by atoms with van der Waals surface area (Å²) in [6.07, 6.45) is 8.06. The van der Waals surface area contributed by atoms with E-state index < -0.39 is 0 Å². The van der Waals surface area contributed by atoms with Crippen LogP contribution in [0.25, 0.3) is 0 Å². The number of amides is 1. The quantitative estimate of drug-likeness (QED) is 0.251. The van der Waals surface area contributed by atoms with E-state index in [2.05, 4.69) is 27.2 Å². The molecule has 0 aromatic heterocycles. The zero-order valence-corrected chi connectivity index (χ0v) is 16.3. The Kier molecular flexibility index (Phi) is 13.4. The van der Waals surface area contributed by atoms with Crippen molar-refractivity contribution in [2.75, 3.05) is 31.6 Å². The molecular formula is C14H29IN4OS. The van der Waals surface area contributed by atoms with Crippen LogP contribution in [0.3, 0.4) is 0 Å². The smallest absolute Gasteiger partial charge is 0.242 e. The normalized spacial score (nSPS) is 16.0. The summed E-state index contributed by atoms with van der Waals surface area (Å²) in [5, 5.41) is 9.45. The van der Waals surface area contributed by atoms with Crippen molar-refractivity contribution >= 4 is 47.6 Å².